The summed E-state index contributed by atoms with van der Waals surface area (Å²) in [7, 11) is 0. The molecule has 228 valence electrons. The Bertz CT molecular complexity index is 1680. The zero-order valence-corrected chi connectivity index (χ0v) is 26.8. The highest BCUT2D eigenvalue weighted by Gasteiger charge is 2.53. The lowest BCUT2D eigenvalue weighted by molar-refractivity contribution is -0.202. The minimum atomic E-state index is -2.91. The van der Waals surface area contributed by atoms with Crippen molar-refractivity contribution in [3.8, 4) is 0 Å². The van der Waals surface area contributed by atoms with Crippen LogP contribution in [-0.2, 0) is 20.1 Å². The Kier molecular flexibility index (Phi) is 8.66. The maximum Gasteiger partial charge on any atom is 0.336 e. The maximum atomic E-state index is 15.1. The molecule has 5 aromatic carbocycles. The first kappa shape index (κ1) is 30.8. The normalized spacial score (nSPS) is 20.0. The Morgan fingerprint density at radius 1 is 0.689 bits per heavy atom. The van der Waals surface area contributed by atoms with E-state index in [-0.39, 0.29) is 12.4 Å². The molecule has 0 bridgehead atoms. The second-order valence-corrected chi connectivity index (χ2v) is 15.8. The average molecular weight is 615 g/mol. The molecule has 1 aliphatic rings. The molecule has 0 saturated carbocycles. The molecule has 0 aromatic heterocycles. The number of carbonyl (C=O) groups excluding carboxylic acids is 1. The second-order valence-electron chi connectivity index (χ2n) is 12.5. The monoisotopic (exact) mass is 614 g/mol. The SMILES string of the molecule is CC(C)(C)OC(=O)C([C@H]1C[C@](O)(c2ccccc2)O[C@@H]1c1ccccc1)=P(c1ccccc1)(c1ccccc1)c1ccccc1. The van der Waals surface area contributed by atoms with E-state index in [1.54, 1.807) is 0 Å². The molecule has 45 heavy (non-hydrogen) atoms. The fraction of sp³-hybridized carbons (Fsp3) is 0.200. The maximum absolute atomic E-state index is 15.1. The molecule has 0 unspecified atom stereocenters. The van der Waals surface area contributed by atoms with Gasteiger partial charge in [0.15, 0.2) is 5.79 Å². The van der Waals surface area contributed by atoms with Crippen LogP contribution in [0.5, 0.6) is 0 Å². The van der Waals surface area contributed by atoms with Crippen LogP contribution in [-0.4, -0.2) is 22.0 Å². The van der Waals surface area contributed by atoms with Crippen LogP contribution in [0.25, 0.3) is 0 Å². The Balaban J connectivity index is 1.78. The van der Waals surface area contributed by atoms with Crippen molar-refractivity contribution in [2.75, 3.05) is 0 Å². The second kappa shape index (κ2) is 12.7. The standard InChI is InChI=1S/C40H39O4P/c1-39(2,3)44-38(41)37(35-29-40(42,31-21-11-5-12-22-31)43-36(35)30-19-9-4-10-20-30)45(32-23-13-6-14-24-32,33-25-15-7-16-26-33)34-27-17-8-18-28-34/h4-28,35-36,42H,29H2,1-3H3/t35-,36+,40+/m0/s1. The van der Waals surface area contributed by atoms with Crippen LogP contribution >= 0.6 is 6.89 Å². The highest BCUT2D eigenvalue weighted by atomic mass is 31.2. The van der Waals surface area contributed by atoms with Gasteiger partial charge in [-0.25, -0.2) is 4.79 Å². The van der Waals surface area contributed by atoms with E-state index in [1.165, 1.54) is 0 Å². The van der Waals surface area contributed by atoms with E-state index in [4.69, 9.17) is 9.47 Å². The molecule has 0 aliphatic carbocycles. The fourth-order valence-corrected chi connectivity index (χ4v) is 11.1. The third kappa shape index (κ3) is 6.07. The van der Waals surface area contributed by atoms with E-state index in [2.05, 4.69) is 36.4 Å². The summed E-state index contributed by atoms with van der Waals surface area (Å²) in [5.74, 6) is -2.53. The quantitative estimate of drug-likeness (QED) is 0.157. The molecule has 5 aromatic rings. The van der Waals surface area contributed by atoms with Gasteiger partial charge in [-0.1, -0.05) is 152 Å². The van der Waals surface area contributed by atoms with Gasteiger partial charge in [-0.05, 0) is 49.1 Å². The number of rotatable bonds is 7. The third-order valence-electron chi connectivity index (χ3n) is 8.29. The third-order valence-corrected chi connectivity index (χ3v) is 12.7. The Morgan fingerprint density at radius 2 is 1.09 bits per heavy atom. The molecule has 1 N–H and O–H groups in total. The number of ether oxygens (including phenoxy) is 2. The van der Waals surface area contributed by atoms with Crippen LogP contribution in [0.1, 0.15) is 44.4 Å². The van der Waals surface area contributed by atoms with Gasteiger partial charge in [0.1, 0.15) is 5.60 Å². The first-order valence-electron chi connectivity index (χ1n) is 15.4. The predicted octanol–water partition coefficient (Wildman–Crippen LogP) is 7.12. The lowest BCUT2D eigenvalue weighted by Crippen LogP contribution is -2.41. The molecule has 1 aliphatic heterocycles. The molecule has 0 spiro atoms. The van der Waals surface area contributed by atoms with E-state index < -0.39 is 30.3 Å². The van der Waals surface area contributed by atoms with Gasteiger partial charge in [0, 0.05) is 17.9 Å². The topological polar surface area (TPSA) is 55.8 Å². The zero-order chi connectivity index (χ0) is 31.5. The van der Waals surface area contributed by atoms with Crippen molar-refractivity contribution in [2.45, 2.75) is 44.7 Å². The molecule has 3 atom stereocenters. The summed E-state index contributed by atoms with van der Waals surface area (Å²) in [5.41, 5.74) is 0.794. The summed E-state index contributed by atoms with van der Waals surface area (Å²) >= 11 is 0. The molecule has 6 rings (SSSR count). The van der Waals surface area contributed by atoms with Gasteiger partial charge in [-0.3, -0.25) is 0 Å². The number of benzene rings is 5. The van der Waals surface area contributed by atoms with Gasteiger partial charge >= 0.3 is 5.97 Å². The number of hydrogen-bond acceptors (Lipinski definition) is 4. The summed E-state index contributed by atoms with van der Waals surface area (Å²) in [6.07, 6.45) is -0.436. The Hall–Kier alpha value is -4.21. The van der Waals surface area contributed by atoms with Gasteiger partial charge in [-0.15, -0.1) is 0 Å². The van der Waals surface area contributed by atoms with E-state index >= 15 is 4.79 Å². The molecular formula is C40H39O4P. The summed E-state index contributed by atoms with van der Waals surface area (Å²) in [4.78, 5) is 15.1. The van der Waals surface area contributed by atoms with Crippen molar-refractivity contribution < 1.29 is 19.4 Å². The molecule has 4 nitrogen and oxygen atoms in total. The van der Waals surface area contributed by atoms with E-state index in [9.17, 15) is 5.11 Å². The van der Waals surface area contributed by atoms with Gasteiger partial charge in [0.05, 0.1) is 11.4 Å². The van der Waals surface area contributed by atoms with Gasteiger partial charge in [-0.2, -0.15) is 0 Å². The Morgan fingerprint density at radius 3 is 1.51 bits per heavy atom. The molecule has 1 heterocycles. The minimum Gasteiger partial charge on any atom is -0.457 e. The average Bonchev–Trinajstić information content (AvgIpc) is 3.42. The summed E-state index contributed by atoms with van der Waals surface area (Å²) < 4.78 is 13.1. The van der Waals surface area contributed by atoms with E-state index in [0.29, 0.717) is 10.9 Å². The van der Waals surface area contributed by atoms with Crippen molar-refractivity contribution in [1.29, 1.82) is 0 Å². The summed E-state index contributed by atoms with van der Waals surface area (Å²) in [6.45, 7) is 2.79. The van der Waals surface area contributed by atoms with Crippen LogP contribution in [0, 0.1) is 5.92 Å². The molecular weight excluding hydrogens is 575 g/mol. The van der Waals surface area contributed by atoms with Crippen molar-refractivity contribution in [1.82, 2.24) is 0 Å². The number of hydrogen-bond donors (Lipinski definition) is 1. The number of carbonyl (C=O) groups is 1. The van der Waals surface area contributed by atoms with Crippen molar-refractivity contribution in [2.24, 2.45) is 5.92 Å². The fourth-order valence-electron chi connectivity index (χ4n) is 6.50. The molecule has 0 amide bonds. The van der Waals surface area contributed by atoms with Gasteiger partial charge in [0.25, 0.3) is 0 Å². The highest BCUT2D eigenvalue weighted by Crippen LogP contribution is 2.55. The van der Waals surface area contributed by atoms with Crippen LogP contribution < -0.4 is 15.9 Å². The van der Waals surface area contributed by atoms with Crippen molar-refractivity contribution in [3.05, 3.63) is 163 Å². The lowest BCUT2D eigenvalue weighted by atomic mass is 9.88. The molecule has 0 radical (unpaired) electrons. The Labute approximate surface area is 266 Å². The van der Waals surface area contributed by atoms with E-state index in [0.717, 1.165) is 21.5 Å². The van der Waals surface area contributed by atoms with Crippen LogP contribution in [0.2, 0.25) is 0 Å². The summed E-state index contributed by atoms with van der Waals surface area (Å²) in [6, 6.07) is 50.3. The summed E-state index contributed by atoms with van der Waals surface area (Å²) in [5, 5.41) is 16.1. The first-order chi connectivity index (χ1) is 21.7. The van der Waals surface area contributed by atoms with Gasteiger partial charge in [0.2, 0.25) is 0 Å². The van der Waals surface area contributed by atoms with Crippen molar-refractivity contribution >= 4 is 34.1 Å². The largest absolute Gasteiger partial charge is 0.457 e. The molecule has 5 heteroatoms. The minimum absolute atomic E-state index is 0.180. The van der Waals surface area contributed by atoms with Crippen LogP contribution in [0.4, 0.5) is 0 Å². The zero-order valence-electron chi connectivity index (χ0n) is 25.9. The van der Waals surface area contributed by atoms with Crippen molar-refractivity contribution in [3.63, 3.8) is 0 Å². The molecule has 1 fully saturated rings. The highest BCUT2D eigenvalue weighted by molar-refractivity contribution is 7.96. The number of aliphatic hydroxyl groups is 1. The van der Waals surface area contributed by atoms with Crippen LogP contribution in [0.3, 0.4) is 0 Å². The number of esters is 1. The first-order valence-corrected chi connectivity index (χ1v) is 17.2. The van der Waals surface area contributed by atoms with Gasteiger partial charge < -0.3 is 14.6 Å². The van der Waals surface area contributed by atoms with E-state index in [1.807, 2.05) is 136 Å². The predicted molar refractivity (Wildman–Crippen MR) is 185 cm³/mol. The van der Waals surface area contributed by atoms with Crippen LogP contribution in [0.15, 0.2) is 152 Å². The smallest absolute Gasteiger partial charge is 0.336 e. The lowest BCUT2D eigenvalue weighted by Gasteiger charge is -2.36. The molecule has 1 saturated heterocycles.